The molecule has 0 bridgehead atoms. The Morgan fingerprint density at radius 2 is 1.86 bits per heavy atom. The number of benzene rings is 2. The van der Waals surface area contributed by atoms with Gasteiger partial charge >= 0.3 is 5.97 Å². The van der Waals surface area contributed by atoms with E-state index in [0.29, 0.717) is 19.4 Å². The zero-order valence-electron chi connectivity index (χ0n) is 16.2. The first kappa shape index (κ1) is 19.2. The van der Waals surface area contributed by atoms with Gasteiger partial charge in [0, 0.05) is 36.1 Å². The van der Waals surface area contributed by atoms with E-state index in [1.54, 1.807) is 17.0 Å². The molecule has 0 saturated carbocycles. The molecule has 29 heavy (non-hydrogen) atoms. The first-order valence-electron chi connectivity index (χ1n) is 9.80. The van der Waals surface area contributed by atoms with Crippen LogP contribution in [-0.2, 0) is 16.0 Å². The molecule has 0 unspecified atom stereocenters. The molecule has 0 spiro atoms. The standard InChI is InChI=1S/C23H23FN2O3/c1-14-12-26(13-19(14)23(28)29)21(27)11-10-18-17-4-2-3-5-20(17)25-22(18)15-6-8-16(24)9-7-15/h2-9,14,19,25H,10-13H2,1H3,(H,28,29)/t14-,19-/m1/s1. The van der Waals surface area contributed by atoms with Gasteiger partial charge in [-0.05, 0) is 53.8 Å². The summed E-state index contributed by atoms with van der Waals surface area (Å²) in [6.45, 7) is 2.63. The monoisotopic (exact) mass is 394 g/mol. The van der Waals surface area contributed by atoms with Crippen molar-refractivity contribution in [2.75, 3.05) is 13.1 Å². The number of rotatable bonds is 5. The second-order valence-corrected chi connectivity index (χ2v) is 7.75. The lowest BCUT2D eigenvalue weighted by molar-refractivity contribution is -0.142. The van der Waals surface area contributed by atoms with Gasteiger partial charge in [-0.15, -0.1) is 0 Å². The van der Waals surface area contributed by atoms with E-state index >= 15 is 0 Å². The Hall–Kier alpha value is -3.15. The minimum Gasteiger partial charge on any atom is -0.481 e. The van der Waals surface area contributed by atoms with Gasteiger partial charge in [0.05, 0.1) is 5.92 Å². The number of aromatic amines is 1. The summed E-state index contributed by atoms with van der Waals surface area (Å²) >= 11 is 0. The molecule has 2 heterocycles. The van der Waals surface area contributed by atoms with Crippen molar-refractivity contribution in [1.29, 1.82) is 0 Å². The predicted octanol–water partition coefficient (Wildman–Crippen LogP) is 4.09. The van der Waals surface area contributed by atoms with Gasteiger partial charge < -0.3 is 15.0 Å². The zero-order valence-corrected chi connectivity index (χ0v) is 16.2. The van der Waals surface area contributed by atoms with Gasteiger partial charge in [0.25, 0.3) is 0 Å². The van der Waals surface area contributed by atoms with Crippen molar-refractivity contribution in [2.24, 2.45) is 11.8 Å². The second-order valence-electron chi connectivity index (χ2n) is 7.75. The number of carboxylic acids is 1. The summed E-state index contributed by atoms with van der Waals surface area (Å²) in [4.78, 5) is 29.1. The third-order valence-electron chi connectivity index (χ3n) is 5.82. The highest BCUT2D eigenvalue weighted by Crippen LogP contribution is 2.32. The molecule has 2 atom stereocenters. The summed E-state index contributed by atoms with van der Waals surface area (Å²) in [5, 5.41) is 10.3. The number of para-hydroxylation sites is 1. The number of nitrogens with zero attached hydrogens (tertiary/aromatic N) is 1. The van der Waals surface area contributed by atoms with Gasteiger partial charge in [-0.3, -0.25) is 9.59 Å². The summed E-state index contributed by atoms with van der Waals surface area (Å²) in [5.74, 6) is -1.71. The third-order valence-corrected chi connectivity index (χ3v) is 5.82. The van der Waals surface area contributed by atoms with Crippen molar-refractivity contribution >= 4 is 22.8 Å². The molecule has 0 aliphatic carbocycles. The van der Waals surface area contributed by atoms with E-state index < -0.39 is 11.9 Å². The van der Waals surface area contributed by atoms with Crippen LogP contribution in [0, 0.1) is 17.7 Å². The summed E-state index contributed by atoms with van der Waals surface area (Å²) in [6.07, 6.45) is 0.827. The number of amides is 1. The van der Waals surface area contributed by atoms with E-state index in [4.69, 9.17) is 0 Å². The van der Waals surface area contributed by atoms with Gasteiger partial charge in [0.15, 0.2) is 0 Å². The van der Waals surface area contributed by atoms with Crippen LogP contribution < -0.4 is 0 Å². The Morgan fingerprint density at radius 3 is 2.55 bits per heavy atom. The molecule has 1 aromatic heterocycles. The molecular weight excluding hydrogens is 371 g/mol. The maximum absolute atomic E-state index is 13.4. The molecule has 1 aliphatic rings. The van der Waals surface area contributed by atoms with Gasteiger partial charge in [0.1, 0.15) is 5.82 Å². The number of likely N-dealkylation sites (tertiary alicyclic amines) is 1. The number of hydrogen-bond donors (Lipinski definition) is 2. The Bertz CT molecular complexity index is 1060. The third kappa shape index (κ3) is 3.75. The minimum absolute atomic E-state index is 0.0315. The molecule has 150 valence electrons. The van der Waals surface area contributed by atoms with Crippen LogP contribution in [-0.4, -0.2) is 40.0 Å². The molecule has 3 aromatic rings. The highest BCUT2D eigenvalue weighted by atomic mass is 19.1. The van der Waals surface area contributed by atoms with Crippen LogP contribution in [0.5, 0.6) is 0 Å². The minimum atomic E-state index is -0.844. The highest BCUT2D eigenvalue weighted by molar-refractivity contribution is 5.91. The number of aliphatic carboxylic acids is 1. The molecule has 1 saturated heterocycles. The fourth-order valence-electron chi connectivity index (χ4n) is 4.20. The molecule has 2 aromatic carbocycles. The van der Waals surface area contributed by atoms with Crippen LogP contribution in [0.4, 0.5) is 4.39 Å². The maximum atomic E-state index is 13.4. The first-order chi connectivity index (χ1) is 13.9. The number of H-pyrrole nitrogens is 1. The lowest BCUT2D eigenvalue weighted by Gasteiger charge is -2.16. The highest BCUT2D eigenvalue weighted by Gasteiger charge is 2.36. The SMILES string of the molecule is C[C@@H]1CN(C(=O)CCc2c(-c3ccc(F)cc3)[nH]c3ccccc23)C[C@H]1C(=O)O. The van der Waals surface area contributed by atoms with Crippen LogP contribution in [0.25, 0.3) is 22.2 Å². The molecule has 1 fully saturated rings. The average molecular weight is 394 g/mol. The van der Waals surface area contributed by atoms with Crippen molar-refractivity contribution in [3.8, 4) is 11.3 Å². The van der Waals surface area contributed by atoms with Crippen molar-refractivity contribution in [3.05, 3.63) is 59.9 Å². The van der Waals surface area contributed by atoms with Crippen LogP contribution in [0.2, 0.25) is 0 Å². The van der Waals surface area contributed by atoms with E-state index in [2.05, 4.69) is 4.98 Å². The number of carbonyl (C=O) groups excluding carboxylic acids is 1. The van der Waals surface area contributed by atoms with Gasteiger partial charge in [-0.1, -0.05) is 25.1 Å². The van der Waals surface area contributed by atoms with E-state index in [9.17, 15) is 19.1 Å². The molecule has 2 N–H and O–H groups in total. The van der Waals surface area contributed by atoms with Crippen LogP contribution in [0.3, 0.4) is 0 Å². The van der Waals surface area contributed by atoms with E-state index in [-0.39, 0.29) is 24.2 Å². The van der Waals surface area contributed by atoms with Crippen LogP contribution >= 0.6 is 0 Å². The quantitative estimate of drug-likeness (QED) is 0.685. The van der Waals surface area contributed by atoms with Crippen molar-refractivity contribution in [3.63, 3.8) is 0 Å². The number of nitrogens with one attached hydrogen (secondary N) is 1. The second kappa shape index (κ2) is 7.70. The van der Waals surface area contributed by atoms with Crippen molar-refractivity contribution in [2.45, 2.75) is 19.8 Å². The van der Waals surface area contributed by atoms with E-state index in [0.717, 1.165) is 27.7 Å². The lowest BCUT2D eigenvalue weighted by Crippen LogP contribution is -2.30. The number of fused-ring (bicyclic) bond motifs is 1. The lowest BCUT2D eigenvalue weighted by atomic mass is 9.99. The van der Waals surface area contributed by atoms with Crippen molar-refractivity contribution in [1.82, 2.24) is 9.88 Å². The zero-order chi connectivity index (χ0) is 20.5. The molecular formula is C23H23FN2O3. The fraction of sp³-hybridized carbons (Fsp3) is 0.304. The van der Waals surface area contributed by atoms with E-state index in [1.165, 1.54) is 12.1 Å². The van der Waals surface area contributed by atoms with Crippen LogP contribution in [0.15, 0.2) is 48.5 Å². The number of aryl methyl sites for hydroxylation is 1. The van der Waals surface area contributed by atoms with Gasteiger partial charge in [-0.2, -0.15) is 0 Å². The number of carbonyl (C=O) groups is 2. The normalized spacial score (nSPS) is 19.0. The van der Waals surface area contributed by atoms with Crippen LogP contribution in [0.1, 0.15) is 18.9 Å². The molecule has 4 rings (SSSR count). The van der Waals surface area contributed by atoms with Crippen molar-refractivity contribution < 1.29 is 19.1 Å². The van der Waals surface area contributed by atoms with Gasteiger partial charge in [-0.25, -0.2) is 4.39 Å². The molecule has 1 amide bonds. The smallest absolute Gasteiger partial charge is 0.308 e. The van der Waals surface area contributed by atoms with Gasteiger partial charge in [0.2, 0.25) is 5.91 Å². The summed E-state index contributed by atoms with van der Waals surface area (Å²) in [5.41, 5.74) is 3.74. The Balaban J connectivity index is 1.58. The number of hydrogen-bond acceptors (Lipinski definition) is 2. The Kier molecular flexibility index (Phi) is 5.09. The number of aromatic nitrogens is 1. The maximum Gasteiger partial charge on any atom is 0.308 e. The fourth-order valence-corrected chi connectivity index (χ4v) is 4.20. The molecule has 0 radical (unpaired) electrons. The summed E-state index contributed by atoms with van der Waals surface area (Å²) in [7, 11) is 0. The Labute approximate surface area is 168 Å². The Morgan fingerprint density at radius 1 is 1.14 bits per heavy atom. The summed E-state index contributed by atoms with van der Waals surface area (Å²) in [6, 6.07) is 14.2. The number of halogens is 1. The molecule has 1 aliphatic heterocycles. The van der Waals surface area contributed by atoms with E-state index in [1.807, 2.05) is 31.2 Å². The average Bonchev–Trinajstić information content (AvgIpc) is 3.27. The molecule has 5 nitrogen and oxygen atoms in total. The number of carboxylic acid groups (broad SMARTS) is 1. The predicted molar refractivity (Wildman–Crippen MR) is 109 cm³/mol. The topological polar surface area (TPSA) is 73.4 Å². The molecule has 6 heteroatoms. The first-order valence-corrected chi connectivity index (χ1v) is 9.80. The largest absolute Gasteiger partial charge is 0.481 e. The summed E-state index contributed by atoms with van der Waals surface area (Å²) < 4.78 is 13.4.